The molecule has 0 aliphatic carbocycles. The van der Waals surface area contributed by atoms with Crippen molar-refractivity contribution in [3.8, 4) is 0 Å². The van der Waals surface area contributed by atoms with Crippen LogP contribution < -0.4 is 0 Å². The van der Waals surface area contributed by atoms with E-state index in [0.29, 0.717) is 13.0 Å². The van der Waals surface area contributed by atoms with Crippen molar-refractivity contribution in [3.05, 3.63) is 0 Å². The molecule has 0 amide bonds. The molecule has 0 N–H and O–H groups in total. The van der Waals surface area contributed by atoms with Gasteiger partial charge >= 0.3 is 0 Å². The SMILES string of the molecule is CCOC(C(=O)CCC(C)(C)C)C(C)(C)C. The Morgan fingerprint density at radius 2 is 1.62 bits per heavy atom. The molecule has 0 heterocycles. The fourth-order valence-corrected chi connectivity index (χ4v) is 1.62. The van der Waals surface area contributed by atoms with Crippen LogP contribution in [0.2, 0.25) is 0 Å². The Hall–Kier alpha value is -0.370. The van der Waals surface area contributed by atoms with Crippen LogP contribution in [0.5, 0.6) is 0 Å². The van der Waals surface area contributed by atoms with E-state index in [-0.39, 0.29) is 22.7 Å². The first-order chi connectivity index (χ1) is 7.08. The fraction of sp³-hybridized carbons (Fsp3) is 0.929. The molecule has 2 nitrogen and oxygen atoms in total. The van der Waals surface area contributed by atoms with Gasteiger partial charge in [0.15, 0.2) is 5.78 Å². The summed E-state index contributed by atoms with van der Waals surface area (Å²) >= 11 is 0. The van der Waals surface area contributed by atoms with E-state index >= 15 is 0 Å². The van der Waals surface area contributed by atoms with Gasteiger partial charge in [-0.1, -0.05) is 41.5 Å². The Labute approximate surface area is 101 Å². The van der Waals surface area contributed by atoms with E-state index in [1.807, 2.05) is 6.92 Å². The van der Waals surface area contributed by atoms with Gasteiger partial charge in [0.1, 0.15) is 6.10 Å². The summed E-state index contributed by atoms with van der Waals surface area (Å²) in [6.07, 6.45) is 1.27. The number of carbonyl (C=O) groups excluding carboxylic acids is 1. The summed E-state index contributed by atoms with van der Waals surface area (Å²) in [5.74, 6) is 0.240. The van der Waals surface area contributed by atoms with Gasteiger partial charge in [-0.25, -0.2) is 0 Å². The maximum atomic E-state index is 12.1. The molecule has 0 fully saturated rings. The second kappa shape index (κ2) is 5.81. The zero-order valence-corrected chi connectivity index (χ0v) is 12.0. The molecule has 0 saturated heterocycles. The van der Waals surface area contributed by atoms with Gasteiger partial charge in [-0.05, 0) is 24.2 Å². The molecule has 96 valence electrons. The molecule has 0 spiro atoms. The van der Waals surface area contributed by atoms with Crippen molar-refractivity contribution < 1.29 is 9.53 Å². The minimum absolute atomic E-state index is 0.106. The van der Waals surface area contributed by atoms with Crippen molar-refractivity contribution in [3.63, 3.8) is 0 Å². The minimum Gasteiger partial charge on any atom is -0.370 e. The average molecular weight is 228 g/mol. The van der Waals surface area contributed by atoms with E-state index in [0.717, 1.165) is 6.42 Å². The van der Waals surface area contributed by atoms with Crippen LogP contribution >= 0.6 is 0 Å². The Morgan fingerprint density at radius 3 is 1.94 bits per heavy atom. The molecule has 0 aliphatic rings. The lowest BCUT2D eigenvalue weighted by Gasteiger charge is -2.30. The smallest absolute Gasteiger partial charge is 0.162 e. The topological polar surface area (TPSA) is 26.3 Å². The van der Waals surface area contributed by atoms with E-state index in [9.17, 15) is 4.79 Å². The quantitative estimate of drug-likeness (QED) is 0.714. The number of carbonyl (C=O) groups is 1. The molecule has 0 saturated carbocycles. The van der Waals surface area contributed by atoms with Crippen molar-refractivity contribution in [2.75, 3.05) is 6.61 Å². The molecule has 1 unspecified atom stereocenters. The molecule has 16 heavy (non-hydrogen) atoms. The molecule has 0 radical (unpaired) electrons. The lowest BCUT2D eigenvalue weighted by atomic mass is 9.82. The van der Waals surface area contributed by atoms with Gasteiger partial charge in [-0.3, -0.25) is 4.79 Å². The third kappa shape index (κ3) is 6.26. The molecule has 0 aromatic carbocycles. The minimum atomic E-state index is -0.264. The van der Waals surface area contributed by atoms with Crippen LogP contribution in [0.4, 0.5) is 0 Å². The lowest BCUT2D eigenvalue weighted by molar-refractivity contribution is -0.137. The highest BCUT2D eigenvalue weighted by Gasteiger charge is 2.31. The molecule has 0 bridgehead atoms. The Kier molecular flexibility index (Phi) is 5.67. The van der Waals surface area contributed by atoms with Gasteiger partial charge in [0.2, 0.25) is 0 Å². The van der Waals surface area contributed by atoms with E-state index in [1.165, 1.54) is 0 Å². The standard InChI is InChI=1S/C14H28O2/c1-8-16-12(14(5,6)7)11(15)9-10-13(2,3)4/h12H,8-10H2,1-7H3. The molecule has 0 aromatic rings. The van der Waals surface area contributed by atoms with E-state index < -0.39 is 0 Å². The number of rotatable bonds is 5. The zero-order valence-electron chi connectivity index (χ0n) is 12.0. The third-order valence-electron chi connectivity index (χ3n) is 2.53. The lowest BCUT2D eigenvalue weighted by Crippen LogP contribution is -2.37. The van der Waals surface area contributed by atoms with E-state index in [4.69, 9.17) is 4.74 Å². The summed E-state index contributed by atoms with van der Waals surface area (Å²) < 4.78 is 5.58. The predicted octanol–water partition coefficient (Wildman–Crippen LogP) is 3.83. The summed E-state index contributed by atoms with van der Waals surface area (Å²) in [7, 11) is 0. The van der Waals surface area contributed by atoms with Crippen LogP contribution in [0.15, 0.2) is 0 Å². The van der Waals surface area contributed by atoms with Gasteiger partial charge in [-0.15, -0.1) is 0 Å². The van der Waals surface area contributed by atoms with Gasteiger partial charge in [0.05, 0.1) is 0 Å². The van der Waals surface area contributed by atoms with Crippen LogP contribution in [0, 0.1) is 10.8 Å². The summed E-state index contributed by atoms with van der Waals surface area (Å²) in [5, 5.41) is 0. The molecule has 0 rings (SSSR count). The van der Waals surface area contributed by atoms with Crippen molar-refractivity contribution in [1.82, 2.24) is 0 Å². The predicted molar refractivity (Wildman–Crippen MR) is 68.6 cm³/mol. The summed E-state index contributed by atoms with van der Waals surface area (Å²) in [4.78, 5) is 12.1. The van der Waals surface area contributed by atoms with Gasteiger partial charge in [0, 0.05) is 13.0 Å². The highest BCUT2D eigenvalue weighted by molar-refractivity contribution is 5.83. The van der Waals surface area contributed by atoms with Crippen LogP contribution in [0.25, 0.3) is 0 Å². The Bertz CT molecular complexity index is 218. The molecule has 0 aliphatic heterocycles. The maximum absolute atomic E-state index is 12.1. The van der Waals surface area contributed by atoms with Crippen LogP contribution in [-0.2, 0) is 9.53 Å². The monoisotopic (exact) mass is 228 g/mol. The second-order valence-corrected chi connectivity index (χ2v) is 6.73. The summed E-state index contributed by atoms with van der Waals surface area (Å²) in [6.45, 7) is 15.2. The number of Topliss-reactive ketones (excluding diaryl/α,β-unsaturated/α-hetero) is 1. The first-order valence-electron chi connectivity index (χ1n) is 6.22. The zero-order chi connectivity index (χ0) is 13.0. The van der Waals surface area contributed by atoms with Crippen molar-refractivity contribution in [2.45, 2.75) is 67.4 Å². The Balaban J connectivity index is 4.41. The third-order valence-corrected chi connectivity index (χ3v) is 2.53. The normalized spacial score (nSPS) is 14.9. The number of hydrogen-bond acceptors (Lipinski definition) is 2. The first kappa shape index (κ1) is 15.6. The summed E-state index contributed by atoms with van der Waals surface area (Å²) in [5.41, 5.74) is 0.106. The van der Waals surface area contributed by atoms with Crippen LogP contribution in [0.1, 0.15) is 61.3 Å². The molecule has 1 atom stereocenters. The van der Waals surface area contributed by atoms with E-state index in [2.05, 4.69) is 41.5 Å². The number of hydrogen-bond donors (Lipinski definition) is 0. The fourth-order valence-electron chi connectivity index (χ4n) is 1.62. The van der Waals surface area contributed by atoms with Gasteiger partial charge in [0.25, 0.3) is 0 Å². The number of ketones is 1. The first-order valence-corrected chi connectivity index (χ1v) is 6.22. The summed E-state index contributed by atoms with van der Waals surface area (Å²) in [6, 6.07) is 0. The molecule has 0 aromatic heterocycles. The molecular formula is C14H28O2. The average Bonchev–Trinajstić information content (AvgIpc) is 2.07. The van der Waals surface area contributed by atoms with Crippen molar-refractivity contribution in [2.24, 2.45) is 10.8 Å². The maximum Gasteiger partial charge on any atom is 0.162 e. The van der Waals surface area contributed by atoms with Crippen LogP contribution in [-0.4, -0.2) is 18.5 Å². The largest absolute Gasteiger partial charge is 0.370 e. The highest BCUT2D eigenvalue weighted by atomic mass is 16.5. The second-order valence-electron chi connectivity index (χ2n) is 6.73. The highest BCUT2D eigenvalue weighted by Crippen LogP contribution is 2.27. The number of ether oxygens (including phenoxy) is 1. The van der Waals surface area contributed by atoms with Crippen molar-refractivity contribution >= 4 is 5.78 Å². The molecule has 2 heteroatoms. The van der Waals surface area contributed by atoms with E-state index in [1.54, 1.807) is 0 Å². The molecular weight excluding hydrogens is 200 g/mol. The van der Waals surface area contributed by atoms with Gasteiger partial charge < -0.3 is 4.74 Å². The Morgan fingerprint density at radius 1 is 1.12 bits per heavy atom. The van der Waals surface area contributed by atoms with Crippen molar-refractivity contribution in [1.29, 1.82) is 0 Å². The van der Waals surface area contributed by atoms with Crippen LogP contribution in [0.3, 0.4) is 0 Å². The van der Waals surface area contributed by atoms with Gasteiger partial charge in [-0.2, -0.15) is 0 Å².